The van der Waals surface area contributed by atoms with Gasteiger partial charge in [-0.15, -0.1) is 0 Å². The van der Waals surface area contributed by atoms with Crippen LogP contribution in [0.4, 0.5) is 0 Å². The van der Waals surface area contributed by atoms with Crippen LogP contribution in [-0.2, 0) is 0 Å². The molecule has 1 heterocycles. The van der Waals surface area contributed by atoms with E-state index < -0.39 is 0 Å². The Kier molecular flexibility index (Phi) is 5.63. The molecular weight excluding hydrogens is 303 g/mol. The molecule has 21 heavy (non-hydrogen) atoms. The van der Waals surface area contributed by atoms with Gasteiger partial charge in [-0.3, -0.25) is 4.98 Å². The molecule has 0 fully saturated rings. The van der Waals surface area contributed by atoms with Gasteiger partial charge in [0.25, 0.3) is 0 Å². The molecule has 2 rings (SSSR count). The van der Waals surface area contributed by atoms with E-state index in [2.05, 4.69) is 30.2 Å². The number of halogens is 2. The van der Waals surface area contributed by atoms with Crippen molar-refractivity contribution in [3.63, 3.8) is 0 Å². The smallest absolute Gasteiger partial charge is 0.0769 e. The Morgan fingerprint density at radius 1 is 1.24 bits per heavy atom. The average molecular weight is 323 g/mol. The largest absolute Gasteiger partial charge is 0.305 e. The molecular formula is C17H20Cl2N2. The van der Waals surface area contributed by atoms with Gasteiger partial charge in [-0.1, -0.05) is 48.3 Å². The van der Waals surface area contributed by atoms with Crippen LogP contribution in [0.3, 0.4) is 0 Å². The number of nitrogens with one attached hydrogen (secondary N) is 1. The van der Waals surface area contributed by atoms with Crippen molar-refractivity contribution < 1.29 is 0 Å². The standard InChI is InChI=1S/C17H20Cl2N2/c1-4-8-20-17(13-6-5-7-14(18)15(13)19)16-12(3)9-11(2)10-21-16/h5-7,9-10,17,20H,4,8H2,1-3H3. The summed E-state index contributed by atoms with van der Waals surface area (Å²) in [7, 11) is 0. The predicted octanol–water partition coefficient (Wildman–Crippen LogP) is 5.09. The van der Waals surface area contributed by atoms with Gasteiger partial charge in [0.05, 0.1) is 21.8 Å². The van der Waals surface area contributed by atoms with E-state index in [-0.39, 0.29) is 6.04 Å². The third-order valence-electron chi connectivity index (χ3n) is 3.42. The van der Waals surface area contributed by atoms with Gasteiger partial charge in [-0.25, -0.2) is 0 Å². The van der Waals surface area contributed by atoms with Crippen LogP contribution in [0, 0.1) is 13.8 Å². The molecule has 0 radical (unpaired) electrons. The summed E-state index contributed by atoms with van der Waals surface area (Å²) in [6.07, 6.45) is 2.93. The van der Waals surface area contributed by atoms with Crippen molar-refractivity contribution in [2.24, 2.45) is 0 Å². The van der Waals surface area contributed by atoms with Crippen molar-refractivity contribution in [3.05, 3.63) is 62.9 Å². The Balaban J connectivity index is 2.49. The molecule has 1 atom stereocenters. The maximum Gasteiger partial charge on any atom is 0.0769 e. The topological polar surface area (TPSA) is 24.9 Å². The first-order valence-corrected chi connectivity index (χ1v) is 7.90. The molecule has 112 valence electrons. The minimum absolute atomic E-state index is 0.0447. The second-order valence-corrected chi connectivity index (χ2v) is 6.03. The van der Waals surface area contributed by atoms with Gasteiger partial charge < -0.3 is 5.32 Å². The van der Waals surface area contributed by atoms with Crippen molar-refractivity contribution in [1.29, 1.82) is 0 Å². The Bertz CT molecular complexity index is 626. The summed E-state index contributed by atoms with van der Waals surface area (Å²) >= 11 is 12.6. The van der Waals surface area contributed by atoms with Crippen LogP contribution in [0.1, 0.15) is 41.8 Å². The zero-order chi connectivity index (χ0) is 15.4. The van der Waals surface area contributed by atoms with E-state index in [0.29, 0.717) is 10.0 Å². The SMILES string of the molecule is CCCNC(c1cccc(Cl)c1Cl)c1ncc(C)cc1C. The van der Waals surface area contributed by atoms with Gasteiger partial charge >= 0.3 is 0 Å². The minimum Gasteiger partial charge on any atom is -0.305 e. The average Bonchev–Trinajstić information content (AvgIpc) is 2.45. The van der Waals surface area contributed by atoms with Crippen molar-refractivity contribution in [1.82, 2.24) is 10.3 Å². The van der Waals surface area contributed by atoms with Crippen LogP contribution in [0.2, 0.25) is 10.0 Å². The van der Waals surface area contributed by atoms with E-state index in [1.807, 2.05) is 25.3 Å². The number of aryl methyl sites for hydroxylation is 2. The molecule has 4 heteroatoms. The molecule has 1 unspecified atom stereocenters. The summed E-state index contributed by atoms with van der Waals surface area (Å²) in [5.41, 5.74) is 4.28. The first-order valence-electron chi connectivity index (χ1n) is 7.15. The summed E-state index contributed by atoms with van der Waals surface area (Å²) in [6, 6.07) is 7.83. The molecule has 0 spiro atoms. The lowest BCUT2D eigenvalue weighted by Crippen LogP contribution is -2.25. The molecule has 0 aliphatic carbocycles. The zero-order valence-electron chi connectivity index (χ0n) is 12.6. The molecule has 0 aliphatic rings. The Labute approximate surface area is 136 Å². The second kappa shape index (κ2) is 7.26. The highest BCUT2D eigenvalue weighted by atomic mass is 35.5. The number of nitrogens with zero attached hydrogens (tertiary/aromatic N) is 1. The van der Waals surface area contributed by atoms with Gasteiger partial charge in [0.2, 0.25) is 0 Å². The molecule has 2 nitrogen and oxygen atoms in total. The van der Waals surface area contributed by atoms with E-state index in [1.165, 1.54) is 0 Å². The summed E-state index contributed by atoms with van der Waals surface area (Å²) < 4.78 is 0. The van der Waals surface area contributed by atoms with Gasteiger partial charge in [0, 0.05) is 6.20 Å². The summed E-state index contributed by atoms with van der Waals surface area (Å²) in [5.74, 6) is 0. The first-order chi connectivity index (χ1) is 10.0. The lowest BCUT2D eigenvalue weighted by Gasteiger charge is -2.22. The third-order valence-corrected chi connectivity index (χ3v) is 4.25. The Morgan fingerprint density at radius 2 is 2.00 bits per heavy atom. The quantitative estimate of drug-likeness (QED) is 0.828. The Hall–Kier alpha value is -1.09. The molecule has 1 N–H and O–H groups in total. The van der Waals surface area contributed by atoms with Crippen LogP contribution < -0.4 is 5.32 Å². The van der Waals surface area contributed by atoms with E-state index in [4.69, 9.17) is 23.2 Å². The van der Waals surface area contributed by atoms with Crippen molar-refractivity contribution >= 4 is 23.2 Å². The highest BCUT2D eigenvalue weighted by molar-refractivity contribution is 6.42. The van der Waals surface area contributed by atoms with Gasteiger partial charge in [0.1, 0.15) is 0 Å². The van der Waals surface area contributed by atoms with Crippen molar-refractivity contribution in [2.45, 2.75) is 33.2 Å². The number of hydrogen-bond acceptors (Lipinski definition) is 2. The van der Waals surface area contributed by atoms with Crippen molar-refractivity contribution in [2.75, 3.05) is 6.54 Å². The highest BCUT2D eigenvalue weighted by Gasteiger charge is 2.20. The van der Waals surface area contributed by atoms with E-state index in [1.54, 1.807) is 6.07 Å². The zero-order valence-corrected chi connectivity index (χ0v) is 14.1. The summed E-state index contributed by atoms with van der Waals surface area (Å²) in [4.78, 5) is 4.61. The number of aromatic nitrogens is 1. The molecule has 0 bridgehead atoms. The normalized spacial score (nSPS) is 12.4. The molecule has 2 aromatic rings. The van der Waals surface area contributed by atoms with Gasteiger partial charge in [-0.2, -0.15) is 0 Å². The first kappa shape index (κ1) is 16.3. The van der Waals surface area contributed by atoms with Crippen LogP contribution in [0.5, 0.6) is 0 Å². The fourth-order valence-electron chi connectivity index (χ4n) is 2.41. The summed E-state index contributed by atoms with van der Waals surface area (Å²) in [6.45, 7) is 7.15. The van der Waals surface area contributed by atoms with Crippen LogP contribution in [-0.4, -0.2) is 11.5 Å². The number of benzene rings is 1. The van der Waals surface area contributed by atoms with Crippen LogP contribution in [0.15, 0.2) is 30.5 Å². The maximum absolute atomic E-state index is 6.40. The maximum atomic E-state index is 6.40. The number of hydrogen-bond donors (Lipinski definition) is 1. The minimum atomic E-state index is -0.0447. The molecule has 0 saturated carbocycles. The fraction of sp³-hybridized carbons (Fsp3) is 0.353. The van der Waals surface area contributed by atoms with Crippen LogP contribution >= 0.6 is 23.2 Å². The number of rotatable bonds is 5. The Morgan fingerprint density at radius 3 is 2.67 bits per heavy atom. The van der Waals surface area contributed by atoms with Crippen molar-refractivity contribution in [3.8, 4) is 0 Å². The molecule has 1 aromatic heterocycles. The predicted molar refractivity (Wildman–Crippen MR) is 90.3 cm³/mol. The molecule has 0 saturated heterocycles. The van der Waals surface area contributed by atoms with E-state index in [9.17, 15) is 0 Å². The van der Waals surface area contributed by atoms with Crippen LogP contribution in [0.25, 0.3) is 0 Å². The van der Waals surface area contributed by atoms with E-state index >= 15 is 0 Å². The highest BCUT2D eigenvalue weighted by Crippen LogP contribution is 2.33. The monoisotopic (exact) mass is 322 g/mol. The summed E-state index contributed by atoms with van der Waals surface area (Å²) in [5, 5.41) is 4.69. The van der Waals surface area contributed by atoms with Gasteiger partial charge in [0.15, 0.2) is 0 Å². The van der Waals surface area contributed by atoms with Gasteiger partial charge in [-0.05, 0) is 49.6 Å². The van der Waals surface area contributed by atoms with E-state index in [0.717, 1.165) is 35.3 Å². The lowest BCUT2D eigenvalue weighted by molar-refractivity contribution is 0.583. The number of pyridine rings is 1. The fourth-order valence-corrected chi connectivity index (χ4v) is 2.83. The molecule has 0 aliphatic heterocycles. The molecule has 0 amide bonds. The second-order valence-electron chi connectivity index (χ2n) is 5.24. The third kappa shape index (κ3) is 3.76. The molecule has 1 aromatic carbocycles. The lowest BCUT2D eigenvalue weighted by atomic mass is 9.99.